The third-order valence-electron chi connectivity index (χ3n) is 3.94. The van der Waals surface area contributed by atoms with Gasteiger partial charge in [-0.2, -0.15) is 4.98 Å². The summed E-state index contributed by atoms with van der Waals surface area (Å²) in [4.78, 5) is 8.66. The number of nitrogens with zero attached hydrogens (tertiary/aromatic N) is 3. The number of hydrogen-bond donors (Lipinski definition) is 2. The van der Waals surface area contributed by atoms with Crippen LogP contribution in [-0.4, -0.2) is 35.3 Å². The summed E-state index contributed by atoms with van der Waals surface area (Å²) in [6.45, 7) is 13.6. The van der Waals surface area contributed by atoms with Gasteiger partial charge in [-0.1, -0.05) is 31.1 Å². The zero-order valence-electron chi connectivity index (χ0n) is 18.1. The predicted octanol–water partition coefficient (Wildman–Crippen LogP) is 3.59. The lowest BCUT2D eigenvalue weighted by Gasteiger charge is -2.24. The molecule has 7 nitrogen and oxygen atoms in total. The van der Waals surface area contributed by atoms with Crippen LogP contribution in [0, 0.1) is 6.92 Å². The first-order chi connectivity index (χ1) is 13.2. The predicted molar refractivity (Wildman–Crippen MR) is 112 cm³/mol. The first-order valence-corrected chi connectivity index (χ1v) is 9.73. The van der Waals surface area contributed by atoms with Gasteiger partial charge in [0, 0.05) is 38.0 Å². The van der Waals surface area contributed by atoms with E-state index in [1.807, 2.05) is 13.8 Å². The lowest BCUT2D eigenvalue weighted by Crippen LogP contribution is -2.38. The fraction of sp³-hybridized carbons (Fsp3) is 0.571. The van der Waals surface area contributed by atoms with E-state index in [1.54, 1.807) is 7.05 Å². The van der Waals surface area contributed by atoms with Gasteiger partial charge in [-0.3, -0.25) is 4.99 Å². The Morgan fingerprint density at radius 2 is 2.00 bits per heavy atom. The number of aromatic nitrogens is 2. The molecule has 0 saturated heterocycles. The van der Waals surface area contributed by atoms with Crippen LogP contribution in [0.3, 0.4) is 0 Å². The van der Waals surface area contributed by atoms with Gasteiger partial charge in [0.15, 0.2) is 11.8 Å². The van der Waals surface area contributed by atoms with Crippen molar-refractivity contribution in [3.8, 4) is 5.75 Å². The van der Waals surface area contributed by atoms with Gasteiger partial charge in [0.2, 0.25) is 5.89 Å². The Morgan fingerprint density at radius 3 is 2.61 bits per heavy atom. The Balaban J connectivity index is 1.89. The van der Waals surface area contributed by atoms with E-state index in [9.17, 15) is 0 Å². The zero-order chi connectivity index (χ0) is 20.7. The monoisotopic (exact) mass is 387 g/mol. The highest BCUT2D eigenvalue weighted by atomic mass is 16.5. The third kappa shape index (κ3) is 6.87. The summed E-state index contributed by atoms with van der Waals surface area (Å²) in [7, 11) is 1.75. The molecule has 1 heterocycles. The van der Waals surface area contributed by atoms with Crippen LogP contribution >= 0.6 is 0 Å². The molecule has 0 aliphatic rings. The van der Waals surface area contributed by atoms with Crippen LogP contribution in [0.2, 0.25) is 0 Å². The summed E-state index contributed by atoms with van der Waals surface area (Å²) in [6, 6.07) is 6.24. The Hall–Kier alpha value is -2.57. The molecule has 2 N–H and O–H groups in total. The SMILES string of the molecule is CN=C(NCCc1nc(C(C)C)no1)NCc1ccc(C)cc1OC(C)(C)C. The van der Waals surface area contributed by atoms with Gasteiger partial charge < -0.3 is 19.9 Å². The Kier molecular flexibility index (Phi) is 7.43. The molecule has 0 atom stereocenters. The summed E-state index contributed by atoms with van der Waals surface area (Å²) >= 11 is 0. The van der Waals surface area contributed by atoms with E-state index in [-0.39, 0.29) is 11.5 Å². The highest BCUT2D eigenvalue weighted by Crippen LogP contribution is 2.24. The molecule has 0 aliphatic carbocycles. The molecule has 0 radical (unpaired) electrons. The van der Waals surface area contributed by atoms with Gasteiger partial charge in [-0.15, -0.1) is 0 Å². The van der Waals surface area contributed by atoms with Gasteiger partial charge in [-0.05, 0) is 39.3 Å². The lowest BCUT2D eigenvalue weighted by molar-refractivity contribution is 0.129. The number of rotatable bonds is 7. The number of hydrogen-bond acceptors (Lipinski definition) is 5. The summed E-state index contributed by atoms with van der Waals surface area (Å²) in [5.41, 5.74) is 2.01. The molecule has 0 bridgehead atoms. The summed E-state index contributed by atoms with van der Waals surface area (Å²) in [5, 5.41) is 10.6. The number of benzene rings is 1. The highest BCUT2D eigenvalue weighted by molar-refractivity contribution is 5.79. The smallest absolute Gasteiger partial charge is 0.228 e. The molecule has 1 aromatic carbocycles. The summed E-state index contributed by atoms with van der Waals surface area (Å²) in [6.07, 6.45) is 0.642. The number of aliphatic imine (C=N–C) groups is 1. The molecule has 0 fully saturated rings. The minimum absolute atomic E-state index is 0.249. The van der Waals surface area contributed by atoms with Gasteiger partial charge in [0.25, 0.3) is 0 Å². The Morgan fingerprint density at radius 1 is 1.25 bits per heavy atom. The van der Waals surface area contributed by atoms with Crippen molar-refractivity contribution in [1.82, 2.24) is 20.8 Å². The van der Waals surface area contributed by atoms with Crippen molar-refractivity contribution >= 4 is 5.96 Å². The van der Waals surface area contributed by atoms with Crippen molar-refractivity contribution in [3.63, 3.8) is 0 Å². The summed E-state index contributed by atoms with van der Waals surface area (Å²) < 4.78 is 11.4. The topological polar surface area (TPSA) is 84.6 Å². The van der Waals surface area contributed by atoms with E-state index in [1.165, 1.54) is 5.56 Å². The van der Waals surface area contributed by atoms with Crippen molar-refractivity contribution < 1.29 is 9.26 Å². The molecule has 0 unspecified atom stereocenters. The Labute approximate surface area is 168 Å². The van der Waals surface area contributed by atoms with E-state index >= 15 is 0 Å². The second-order valence-electron chi connectivity index (χ2n) is 8.13. The standard InChI is InChI=1S/C21H33N5O2/c1-14(2)19-25-18(28-26-19)10-11-23-20(22-7)24-13-16-9-8-15(3)12-17(16)27-21(4,5)6/h8-9,12,14H,10-11,13H2,1-7H3,(H2,22,23,24). The average Bonchev–Trinajstić information content (AvgIpc) is 3.07. The van der Waals surface area contributed by atoms with Crippen molar-refractivity contribution in [3.05, 3.63) is 41.0 Å². The fourth-order valence-corrected chi connectivity index (χ4v) is 2.52. The minimum Gasteiger partial charge on any atom is -0.488 e. The maximum absolute atomic E-state index is 6.11. The van der Waals surface area contributed by atoms with Crippen molar-refractivity contribution in [2.75, 3.05) is 13.6 Å². The number of aryl methyl sites for hydroxylation is 1. The van der Waals surface area contributed by atoms with Crippen LogP contribution < -0.4 is 15.4 Å². The fourth-order valence-electron chi connectivity index (χ4n) is 2.52. The lowest BCUT2D eigenvalue weighted by atomic mass is 10.1. The van der Waals surface area contributed by atoms with Gasteiger partial charge in [0.05, 0.1) is 0 Å². The van der Waals surface area contributed by atoms with Crippen LogP contribution in [0.25, 0.3) is 0 Å². The third-order valence-corrected chi connectivity index (χ3v) is 3.94. The minimum atomic E-state index is -0.249. The molecule has 0 aliphatic heterocycles. The first kappa shape index (κ1) is 21.7. The largest absolute Gasteiger partial charge is 0.488 e. The molecule has 28 heavy (non-hydrogen) atoms. The summed E-state index contributed by atoms with van der Waals surface area (Å²) in [5.74, 6) is 3.24. The van der Waals surface area contributed by atoms with Crippen molar-refractivity contribution in [2.24, 2.45) is 4.99 Å². The Bertz CT molecular complexity index is 790. The van der Waals surface area contributed by atoms with Crippen molar-refractivity contribution in [1.29, 1.82) is 0 Å². The second kappa shape index (κ2) is 9.57. The highest BCUT2D eigenvalue weighted by Gasteiger charge is 2.15. The molecule has 0 saturated carbocycles. The average molecular weight is 388 g/mol. The molecular weight excluding hydrogens is 354 g/mol. The van der Waals surface area contributed by atoms with E-state index in [0.29, 0.717) is 31.4 Å². The molecule has 2 aromatic rings. The molecular formula is C21H33N5O2. The molecule has 1 aromatic heterocycles. The van der Waals surface area contributed by atoms with Crippen molar-refractivity contribution in [2.45, 2.75) is 66.0 Å². The number of nitrogens with one attached hydrogen (secondary N) is 2. The van der Waals surface area contributed by atoms with Crippen LogP contribution in [0.1, 0.15) is 63.4 Å². The molecule has 2 rings (SSSR count). The van der Waals surface area contributed by atoms with E-state index in [4.69, 9.17) is 9.26 Å². The maximum Gasteiger partial charge on any atom is 0.228 e. The van der Waals surface area contributed by atoms with E-state index in [0.717, 1.165) is 17.1 Å². The maximum atomic E-state index is 6.11. The van der Waals surface area contributed by atoms with E-state index < -0.39 is 0 Å². The van der Waals surface area contributed by atoms with Gasteiger partial charge >= 0.3 is 0 Å². The first-order valence-electron chi connectivity index (χ1n) is 9.73. The molecule has 7 heteroatoms. The molecule has 0 spiro atoms. The molecule has 154 valence electrons. The van der Waals surface area contributed by atoms with Gasteiger partial charge in [-0.25, -0.2) is 0 Å². The van der Waals surface area contributed by atoms with Gasteiger partial charge in [0.1, 0.15) is 11.4 Å². The quantitative estimate of drug-likeness (QED) is 0.558. The van der Waals surface area contributed by atoms with E-state index in [2.05, 4.69) is 71.7 Å². The van der Waals surface area contributed by atoms with Crippen LogP contribution in [-0.2, 0) is 13.0 Å². The number of guanidine groups is 1. The zero-order valence-corrected chi connectivity index (χ0v) is 18.1. The second-order valence-corrected chi connectivity index (χ2v) is 8.13. The van der Waals surface area contributed by atoms with Crippen LogP contribution in [0.15, 0.2) is 27.7 Å². The number of ether oxygens (including phenoxy) is 1. The molecule has 0 amide bonds. The van der Waals surface area contributed by atoms with Crippen LogP contribution in [0.4, 0.5) is 0 Å². The van der Waals surface area contributed by atoms with Crippen LogP contribution in [0.5, 0.6) is 5.75 Å². The normalized spacial score (nSPS) is 12.4.